The molecule has 0 radical (unpaired) electrons. The van der Waals surface area contributed by atoms with Gasteiger partial charge in [0.1, 0.15) is 5.82 Å². The van der Waals surface area contributed by atoms with Crippen molar-refractivity contribution in [1.29, 1.82) is 0 Å². The molecular weight excluding hydrogens is 355 g/mol. The molecule has 0 bridgehead atoms. The number of hydrogen-bond donors (Lipinski definition) is 2. The molecule has 2 aromatic carbocycles. The minimum Gasteiger partial charge on any atom is -0.317 e. The van der Waals surface area contributed by atoms with Crippen molar-refractivity contribution in [3.8, 4) is 0 Å². The molecule has 2 aromatic rings. The van der Waals surface area contributed by atoms with E-state index < -0.39 is 15.9 Å². The molecule has 5 nitrogen and oxygen atoms in total. The van der Waals surface area contributed by atoms with E-state index in [1.807, 2.05) is 0 Å². The van der Waals surface area contributed by atoms with Crippen LogP contribution in [0.3, 0.4) is 0 Å². The first-order valence-corrected chi connectivity index (χ1v) is 10.0. The van der Waals surface area contributed by atoms with Crippen LogP contribution in [0.25, 0.3) is 0 Å². The molecular formula is C19H21FN2O3S. The predicted octanol–water partition coefficient (Wildman–Crippen LogP) is 2.22. The smallest absolute Gasteiger partial charge is 0.264 e. The normalized spacial score (nSPS) is 15.6. The van der Waals surface area contributed by atoms with Crippen LogP contribution in [0.1, 0.15) is 24.0 Å². The van der Waals surface area contributed by atoms with Crippen molar-refractivity contribution in [3.63, 3.8) is 0 Å². The fraction of sp³-hybridized carbons (Fsp3) is 0.316. The summed E-state index contributed by atoms with van der Waals surface area (Å²) in [5, 5.41) is 3.14. The van der Waals surface area contributed by atoms with E-state index in [4.69, 9.17) is 0 Å². The number of halogens is 1. The summed E-state index contributed by atoms with van der Waals surface area (Å²) in [4.78, 5) is 12.2. The van der Waals surface area contributed by atoms with Gasteiger partial charge in [-0.15, -0.1) is 0 Å². The molecule has 0 saturated carbocycles. The van der Waals surface area contributed by atoms with Crippen molar-refractivity contribution in [2.75, 3.05) is 13.1 Å². The number of piperidine rings is 1. The summed E-state index contributed by atoms with van der Waals surface area (Å²) in [7, 11) is -3.90. The second-order valence-electron chi connectivity index (χ2n) is 6.41. The van der Waals surface area contributed by atoms with Gasteiger partial charge in [-0.05, 0) is 55.3 Å². The van der Waals surface area contributed by atoms with Gasteiger partial charge >= 0.3 is 0 Å². The first-order chi connectivity index (χ1) is 12.5. The Bertz CT molecular complexity index is 876. The quantitative estimate of drug-likeness (QED) is 0.839. The molecule has 138 valence electrons. The van der Waals surface area contributed by atoms with E-state index in [0.29, 0.717) is 37.9 Å². The Morgan fingerprint density at radius 1 is 1.08 bits per heavy atom. The van der Waals surface area contributed by atoms with Crippen molar-refractivity contribution in [2.45, 2.75) is 24.2 Å². The van der Waals surface area contributed by atoms with Gasteiger partial charge in [0.25, 0.3) is 10.0 Å². The van der Waals surface area contributed by atoms with Crippen LogP contribution in [0, 0.1) is 11.7 Å². The molecule has 2 N–H and O–H groups in total. The van der Waals surface area contributed by atoms with Crippen molar-refractivity contribution < 1.29 is 17.6 Å². The first-order valence-electron chi connectivity index (χ1n) is 8.55. The van der Waals surface area contributed by atoms with Gasteiger partial charge in [-0.3, -0.25) is 4.79 Å². The lowest BCUT2D eigenvalue weighted by atomic mass is 9.98. The zero-order chi connectivity index (χ0) is 18.6. The highest BCUT2D eigenvalue weighted by Crippen LogP contribution is 2.17. The van der Waals surface area contributed by atoms with E-state index in [-0.39, 0.29) is 16.6 Å². The summed E-state index contributed by atoms with van der Waals surface area (Å²) in [6.07, 6.45) is 1.63. The summed E-state index contributed by atoms with van der Waals surface area (Å²) in [6.45, 7) is 1.42. The molecule has 1 heterocycles. The van der Waals surface area contributed by atoms with Crippen molar-refractivity contribution >= 4 is 15.9 Å². The number of rotatable bonds is 5. The number of carbonyl (C=O) groups excluding carboxylic acids is 1. The molecule has 1 amide bonds. The second-order valence-corrected chi connectivity index (χ2v) is 8.09. The summed E-state index contributed by atoms with van der Waals surface area (Å²) < 4.78 is 40.7. The third kappa shape index (κ3) is 4.47. The third-order valence-electron chi connectivity index (χ3n) is 4.53. The molecule has 0 atom stereocenters. The van der Waals surface area contributed by atoms with Gasteiger partial charge in [0.05, 0.1) is 4.90 Å². The molecule has 0 aromatic heterocycles. The molecule has 3 rings (SSSR count). The van der Waals surface area contributed by atoms with Crippen LogP contribution in [0.15, 0.2) is 53.4 Å². The molecule has 26 heavy (non-hydrogen) atoms. The molecule has 1 fully saturated rings. The number of carbonyl (C=O) groups is 1. The number of hydrogen-bond acceptors (Lipinski definition) is 4. The number of nitrogens with one attached hydrogen (secondary N) is 2. The highest BCUT2D eigenvalue weighted by molar-refractivity contribution is 7.90. The lowest BCUT2D eigenvalue weighted by molar-refractivity contribution is -0.123. The van der Waals surface area contributed by atoms with Gasteiger partial charge in [-0.2, -0.15) is 0 Å². The maximum absolute atomic E-state index is 13.7. The average molecular weight is 376 g/mol. The monoisotopic (exact) mass is 376 g/mol. The van der Waals surface area contributed by atoms with Crippen LogP contribution in [0.2, 0.25) is 0 Å². The third-order valence-corrected chi connectivity index (χ3v) is 5.89. The predicted molar refractivity (Wildman–Crippen MR) is 96.6 cm³/mol. The van der Waals surface area contributed by atoms with Gasteiger partial charge in [-0.1, -0.05) is 30.3 Å². The van der Waals surface area contributed by atoms with Crippen LogP contribution in [-0.4, -0.2) is 27.4 Å². The maximum atomic E-state index is 13.7. The van der Waals surface area contributed by atoms with Crippen molar-refractivity contribution in [1.82, 2.24) is 10.0 Å². The Morgan fingerprint density at radius 2 is 1.73 bits per heavy atom. The largest absolute Gasteiger partial charge is 0.317 e. The van der Waals surface area contributed by atoms with Gasteiger partial charge in [0.15, 0.2) is 0 Å². The first kappa shape index (κ1) is 18.5. The minimum absolute atomic E-state index is 0.0251. The highest BCUT2D eigenvalue weighted by atomic mass is 32.2. The number of amides is 1. The number of sulfonamides is 1. The van der Waals surface area contributed by atoms with Crippen LogP contribution in [0.5, 0.6) is 0 Å². The summed E-state index contributed by atoms with van der Waals surface area (Å²) in [6, 6.07) is 12.6. The molecule has 0 spiro atoms. The van der Waals surface area contributed by atoms with E-state index >= 15 is 0 Å². The standard InChI is InChI=1S/C19H21FN2O3S/c20-18-4-2-1-3-16(18)13-14-5-7-17(8-6-14)26(24,25)22-19(23)15-9-11-21-12-10-15/h1-8,15,21H,9-13H2,(H,22,23). The lowest BCUT2D eigenvalue weighted by Crippen LogP contribution is -2.40. The van der Waals surface area contributed by atoms with Gasteiger partial charge in [0, 0.05) is 12.3 Å². The summed E-state index contributed by atoms with van der Waals surface area (Å²) in [5.74, 6) is -1.04. The van der Waals surface area contributed by atoms with E-state index in [0.717, 1.165) is 5.56 Å². The Balaban J connectivity index is 1.68. The van der Waals surface area contributed by atoms with Crippen LogP contribution in [0.4, 0.5) is 4.39 Å². The molecule has 1 saturated heterocycles. The highest BCUT2D eigenvalue weighted by Gasteiger charge is 2.25. The summed E-state index contributed by atoms with van der Waals surface area (Å²) in [5.41, 5.74) is 1.33. The Labute approximate surface area is 152 Å². The SMILES string of the molecule is O=C(NS(=O)(=O)c1ccc(Cc2ccccc2F)cc1)C1CCNCC1. The number of benzene rings is 2. The Morgan fingerprint density at radius 3 is 2.38 bits per heavy atom. The molecule has 0 aliphatic carbocycles. The molecule has 7 heteroatoms. The van der Waals surface area contributed by atoms with Crippen LogP contribution < -0.4 is 10.0 Å². The van der Waals surface area contributed by atoms with E-state index in [9.17, 15) is 17.6 Å². The zero-order valence-corrected chi connectivity index (χ0v) is 15.1. The van der Waals surface area contributed by atoms with Crippen molar-refractivity contribution in [3.05, 3.63) is 65.5 Å². The maximum Gasteiger partial charge on any atom is 0.264 e. The lowest BCUT2D eigenvalue weighted by Gasteiger charge is -2.21. The average Bonchev–Trinajstić information content (AvgIpc) is 2.64. The van der Waals surface area contributed by atoms with Crippen LogP contribution >= 0.6 is 0 Å². The molecule has 1 aliphatic rings. The van der Waals surface area contributed by atoms with E-state index in [2.05, 4.69) is 10.0 Å². The molecule has 0 unspecified atom stereocenters. The van der Waals surface area contributed by atoms with E-state index in [1.165, 1.54) is 18.2 Å². The topological polar surface area (TPSA) is 75.3 Å². The van der Waals surface area contributed by atoms with E-state index in [1.54, 1.807) is 30.3 Å². The summed E-state index contributed by atoms with van der Waals surface area (Å²) >= 11 is 0. The fourth-order valence-electron chi connectivity index (χ4n) is 3.01. The Kier molecular flexibility index (Phi) is 5.68. The minimum atomic E-state index is -3.90. The second kappa shape index (κ2) is 7.97. The van der Waals surface area contributed by atoms with Gasteiger partial charge in [-0.25, -0.2) is 17.5 Å². The Hall–Kier alpha value is -2.25. The van der Waals surface area contributed by atoms with Crippen LogP contribution in [-0.2, 0) is 21.2 Å². The van der Waals surface area contributed by atoms with Gasteiger partial charge in [0.2, 0.25) is 5.91 Å². The van der Waals surface area contributed by atoms with Gasteiger partial charge < -0.3 is 5.32 Å². The fourth-order valence-corrected chi connectivity index (χ4v) is 4.05. The van der Waals surface area contributed by atoms with Crippen molar-refractivity contribution in [2.24, 2.45) is 5.92 Å². The molecule has 1 aliphatic heterocycles. The zero-order valence-electron chi connectivity index (χ0n) is 14.2.